The van der Waals surface area contributed by atoms with E-state index in [1.54, 1.807) is 25.3 Å². The standard InChI is InChI=1S/C16H15NO4.C16H15NO.C15H11ClN2.C15H12N2O.C15H12N2.C12H8FNO2/c1-11(16(18)19)9-14-8-7-13(10-15(14)17(20)21)12-5-3-2-4-6-12;1-11-9-14-8-7-13(10-15(14)17-16(11)18)12-5-3-2-4-6-12;1-10-15(16)18-14-9-12(7-8-13(14)17-10)11-5-3-2-4-6-11;1-10-15(18)17-14-9-12(7-8-13(14)16-10)11-5-3-2-4-6-11;1-11-10-16-15-9-13(7-8-14(15)17-11)12-5-3-2-4-6-12;13-11-7-6-10(8-12(11)14(15)16)9-4-2-1-3-5-9/h2-8,10-11H,9H2,1H3,(H,18,19);2-8,10-11H,9H2,1H3,(H,17,18);2-9H,1H3;2-9H,1H3,(H,17,18);2-10H,1H3;1-8H. The van der Waals surface area contributed by atoms with E-state index in [4.69, 9.17) is 16.7 Å². The minimum absolute atomic E-state index is 0.0375. The molecule has 4 heterocycles. The van der Waals surface area contributed by atoms with E-state index in [9.17, 15) is 39.0 Å². The fourth-order valence-electron chi connectivity index (χ4n) is 11.8. The molecule has 17 nitrogen and oxygen atoms in total. The van der Waals surface area contributed by atoms with Gasteiger partial charge in [0.2, 0.25) is 11.7 Å². The first-order valence-electron chi connectivity index (χ1n) is 34.6. The number of aromatic amines is 1. The smallest absolute Gasteiger partial charge is 0.306 e. The molecule has 0 saturated carbocycles. The third-order valence-corrected chi connectivity index (χ3v) is 18.0. The molecule has 19 heteroatoms. The highest BCUT2D eigenvalue weighted by molar-refractivity contribution is 6.30. The molecule has 16 rings (SSSR count). The number of fused-ring (bicyclic) bond motifs is 4. The molecule has 0 fully saturated rings. The maximum absolute atomic E-state index is 13.1. The summed E-state index contributed by atoms with van der Waals surface area (Å²) in [5.74, 6) is -2.25. The molecule has 0 spiro atoms. The van der Waals surface area contributed by atoms with E-state index in [1.165, 1.54) is 47.4 Å². The third-order valence-electron chi connectivity index (χ3n) is 17.7. The number of amides is 1. The number of carboxylic acids is 1. The number of H-pyrrole nitrogens is 1. The van der Waals surface area contributed by atoms with Crippen LogP contribution >= 0.6 is 11.6 Å². The Balaban J connectivity index is 0.000000129. The summed E-state index contributed by atoms with van der Waals surface area (Å²) in [6.07, 6.45) is 2.77. The fourth-order valence-corrected chi connectivity index (χ4v) is 11.9. The number of benzene rings is 12. The van der Waals surface area contributed by atoms with Crippen molar-refractivity contribution in [3.63, 3.8) is 0 Å². The molecule has 0 saturated heterocycles. The lowest BCUT2D eigenvalue weighted by atomic mass is 9.92. The number of carbonyl (C=O) groups excluding carboxylic acids is 1. The lowest BCUT2D eigenvalue weighted by Crippen LogP contribution is -2.27. The number of nitro groups is 2. The monoisotopic (exact) mass is 1450 g/mol. The number of carboxylic acid groups (broad SMARTS) is 1. The van der Waals surface area contributed by atoms with Gasteiger partial charge in [0.15, 0.2) is 5.15 Å². The Morgan fingerprint density at radius 1 is 0.491 bits per heavy atom. The molecular formula is C89H73ClFN9O8. The van der Waals surface area contributed by atoms with Crippen LogP contribution in [0.5, 0.6) is 0 Å². The number of hydrogen-bond donors (Lipinski definition) is 3. The maximum atomic E-state index is 13.1. The van der Waals surface area contributed by atoms with Crippen molar-refractivity contribution in [3.05, 3.63) is 367 Å². The highest BCUT2D eigenvalue weighted by Crippen LogP contribution is 2.33. The number of aliphatic carboxylic acids is 1. The van der Waals surface area contributed by atoms with Gasteiger partial charge in [-0.05, 0) is 154 Å². The number of aryl methyl sites for hydroxylation is 3. The molecule has 2 unspecified atom stereocenters. The Hall–Kier alpha value is -13.6. The Bertz CT molecular complexity index is 5750. The summed E-state index contributed by atoms with van der Waals surface area (Å²) in [5.41, 5.74) is 21.6. The predicted octanol–water partition coefficient (Wildman–Crippen LogP) is 21.2. The van der Waals surface area contributed by atoms with E-state index >= 15 is 0 Å². The summed E-state index contributed by atoms with van der Waals surface area (Å²) in [6.45, 7) is 9.03. The number of nitrogens with zero attached hydrogens (tertiary/aromatic N) is 7. The van der Waals surface area contributed by atoms with Crippen LogP contribution in [0.1, 0.15) is 42.1 Å². The van der Waals surface area contributed by atoms with Crippen LogP contribution in [0.15, 0.2) is 302 Å². The number of hydrogen-bond acceptors (Lipinski definition) is 12. The highest BCUT2D eigenvalue weighted by atomic mass is 35.5. The number of aromatic nitrogens is 6. The number of carbonyl (C=O) groups is 2. The first kappa shape index (κ1) is 75.6. The van der Waals surface area contributed by atoms with E-state index in [2.05, 4.69) is 108 Å². The first-order valence-corrected chi connectivity index (χ1v) is 35.0. The third kappa shape index (κ3) is 19.8. The summed E-state index contributed by atoms with van der Waals surface area (Å²) >= 11 is 6.01. The molecule has 12 aromatic carbocycles. The van der Waals surface area contributed by atoms with Gasteiger partial charge in [-0.3, -0.25) is 39.6 Å². The Labute approximate surface area is 627 Å². The topological polar surface area (TPSA) is 250 Å². The normalized spacial score (nSPS) is 12.1. The zero-order valence-electron chi connectivity index (χ0n) is 59.6. The van der Waals surface area contributed by atoms with Gasteiger partial charge in [-0.2, -0.15) is 4.39 Å². The predicted molar refractivity (Wildman–Crippen MR) is 428 cm³/mol. The molecule has 3 N–H and O–H groups in total. The largest absolute Gasteiger partial charge is 0.481 e. The summed E-state index contributed by atoms with van der Waals surface area (Å²) in [7, 11) is 0. The molecule has 536 valence electrons. The Kier molecular flexibility index (Phi) is 25.0. The van der Waals surface area contributed by atoms with Crippen LogP contribution in [-0.2, 0) is 22.4 Å². The molecule has 1 aliphatic rings. The molecule has 0 radical (unpaired) electrons. The van der Waals surface area contributed by atoms with E-state index < -0.39 is 33.2 Å². The average Bonchev–Trinajstić information content (AvgIpc) is 0.799. The van der Waals surface area contributed by atoms with Gasteiger partial charge < -0.3 is 15.4 Å². The van der Waals surface area contributed by atoms with Gasteiger partial charge >= 0.3 is 11.7 Å². The van der Waals surface area contributed by atoms with Crippen LogP contribution in [-0.4, -0.2) is 56.7 Å². The van der Waals surface area contributed by atoms with Crippen LogP contribution in [0.4, 0.5) is 21.5 Å². The van der Waals surface area contributed by atoms with E-state index in [1.807, 2.05) is 203 Å². The van der Waals surface area contributed by atoms with Gasteiger partial charge in [-0.15, -0.1) is 0 Å². The Morgan fingerprint density at radius 2 is 0.898 bits per heavy atom. The molecular weight excluding hydrogens is 1380 g/mol. The quantitative estimate of drug-likeness (QED) is 0.0806. The summed E-state index contributed by atoms with van der Waals surface area (Å²) < 4.78 is 13.1. The lowest BCUT2D eigenvalue weighted by molar-refractivity contribution is -0.387. The van der Waals surface area contributed by atoms with Crippen molar-refractivity contribution in [2.45, 2.75) is 47.5 Å². The van der Waals surface area contributed by atoms with Gasteiger partial charge in [0, 0.05) is 35.5 Å². The van der Waals surface area contributed by atoms with Crippen LogP contribution in [0.3, 0.4) is 0 Å². The molecule has 1 aliphatic heterocycles. The molecule has 15 aromatic rings. The van der Waals surface area contributed by atoms with Crippen molar-refractivity contribution in [2.24, 2.45) is 11.8 Å². The van der Waals surface area contributed by atoms with Gasteiger partial charge in [-0.25, -0.2) is 19.9 Å². The van der Waals surface area contributed by atoms with Crippen LogP contribution in [0.25, 0.3) is 99.9 Å². The van der Waals surface area contributed by atoms with Crippen molar-refractivity contribution in [1.82, 2.24) is 29.9 Å². The number of nitrogens with one attached hydrogen (secondary N) is 2. The highest BCUT2D eigenvalue weighted by Gasteiger charge is 2.23. The van der Waals surface area contributed by atoms with E-state index in [0.29, 0.717) is 22.0 Å². The van der Waals surface area contributed by atoms with Crippen LogP contribution in [0.2, 0.25) is 5.15 Å². The van der Waals surface area contributed by atoms with Gasteiger partial charge in [0.25, 0.3) is 11.2 Å². The minimum Gasteiger partial charge on any atom is -0.481 e. The number of halogens is 2. The van der Waals surface area contributed by atoms with Crippen LogP contribution in [0, 0.1) is 58.7 Å². The SMILES string of the molecule is CC(Cc1ccc(-c2ccccc2)cc1[N+](=O)[O-])C(=O)O.CC1Cc2ccc(-c3ccccc3)cc2NC1=O.Cc1cnc2cc(-c3ccccc3)ccc2n1.Cc1nc2ccc(-c3ccccc3)cc2[nH]c1=O.Cc1nc2ccc(-c3ccccc3)cc2nc1Cl.O=[N+]([O-])c1cc(-c2ccccc2)ccc1F. The second-order valence-corrected chi connectivity index (χ2v) is 25.9. The molecule has 1 amide bonds. The average molecular weight is 1450 g/mol. The van der Waals surface area contributed by atoms with Crippen molar-refractivity contribution in [2.75, 3.05) is 5.32 Å². The van der Waals surface area contributed by atoms with Crippen molar-refractivity contribution in [1.29, 1.82) is 0 Å². The number of rotatable bonds is 11. The lowest BCUT2D eigenvalue weighted by Gasteiger charge is -2.22. The van der Waals surface area contributed by atoms with Gasteiger partial charge in [-0.1, -0.05) is 256 Å². The summed E-state index contributed by atoms with van der Waals surface area (Å²) in [6, 6.07) is 92.5. The number of anilines is 1. The van der Waals surface area contributed by atoms with Crippen LogP contribution < -0.4 is 10.9 Å². The van der Waals surface area contributed by atoms with Gasteiger partial charge in [0.05, 0.1) is 60.3 Å². The van der Waals surface area contributed by atoms with Crippen molar-refractivity contribution >= 4 is 73.6 Å². The summed E-state index contributed by atoms with van der Waals surface area (Å²) in [5, 5.41) is 34.2. The zero-order valence-corrected chi connectivity index (χ0v) is 60.3. The molecule has 0 aliphatic carbocycles. The van der Waals surface area contributed by atoms with Crippen molar-refractivity contribution < 1.29 is 28.9 Å². The van der Waals surface area contributed by atoms with E-state index in [0.717, 1.165) is 107 Å². The summed E-state index contributed by atoms with van der Waals surface area (Å²) in [4.78, 5) is 79.5. The number of nitro benzene ring substituents is 2. The molecule has 3 aromatic heterocycles. The molecule has 2 atom stereocenters. The Morgan fingerprint density at radius 3 is 1.39 bits per heavy atom. The van der Waals surface area contributed by atoms with Gasteiger partial charge in [0.1, 0.15) is 5.69 Å². The molecule has 0 bridgehead atoms. The maximum Gasteiger partial charge on any atom is 0.306 e. The minimum atomic E-state index is -0.962. The second kappa shape index (κ2) is 35.7. The van der Waals surface area contributed by atoms with Crippen molar-refractivity contribution in [3.8, 4) is 66.8 Å². The first-order chi connectivity index (χ1) is 52.2. The molecule has 108 heavy (non-hydrogen) atoms. The fraction of sp³-hybridized carbons (Fsp3) is 0.101. The van der Waals surface area contributed by atoms with E-state index in [-0.39, 0.29) is 29.5 Å². The second-order valence-electron chi connectivity index (χ2n) is 25.5. The zero-order chi connectivity index (χ0) is 76.2.